The van der Waals surface area contributed by atoms with Gasteiger partial charge in [-0.2, -0.15) is 5.10 Å². The molecule has 0 aromatic carbocycles. The van der Waals surface area contributed by atoms with Gasteiger partial charge in [-0.3, -0.25) is 14.6 Å². The summed E-state index contributed by atoms with van der Waals surface area (Å²) >= 11 is 0. The van der Waals surface area contributed by atoms with E-state index in [1.54, 1.807) is 41.3 Å². The Kier molecular flexibility index (Phi) is 3.91. The number of likely N-dealkylation sites (tertiary alicyclic amines) is 1. The fourth-order valence-electron chi connectivity index (χ4n) is 3.45. The summed E-state index contributed by atoms with van der Waals surface area (Å²) in [4.78, 5) is 30.6. The van der Waals surface area contributed by atoms with Gasteiger partial charge in [-0.15, -0.1) is 0 Å². The van der Waals surface area contributed by atoms with Crippen LogP contribution in [0.1, 0.15) is 29.6 Å². The smallest absolute Gasteiger partial charge is 0.257 e. The summed E-state index contributed by atoms with van der Waals surface area (Å²) in [5.74, 6) is 0.208. The SMILES string of the molecule is COC1(C(=O)NCC2CN(C(=O)c3cnn4ccncc34)C2)CCC1. The molecule has 1 N–H and O–H groups in total. The fraction of sp³-hybridized carbons (Fsp3) is 0.529. The van der Waals surface area contributed by atoms with Crippen LogP contribution in [0.15, 0.2) is 24.8 Å². The van der Waals surface area contributed by atoms with Crippen LogP contribution in [0.4, 0.5) is 0 Å². The number of hydrogen-bond donors (Lipinski definition) is 1. The van der Waals surface area contributed by atoms with Gasteiger partial charge in [-0.1, -0.05) is 0 Å². The summed E-state index contributed by atoms with van der Waals surface area (Å²) in [5.41, 5.74) is 0.642. The number of aromatic nitrogens is 3. The van der Waals surface area contributed by atoms with Crippen LogP contribution in [0, 0.1) is 5.92 Å². The van der Waals surface area contributed by atoms with Crippen LogP contribution >= 0.6 is 0 Å². The Morgan fingerprint density at radius 2 is 2.16 bits per heavy atom. The number of amides is 2. The molecule has 8 nitrogen and oxygen atoms in total. The number of carbonyl (C=O) groups excluding carboxylic acids is 2. The molecule has 1 aliphatic carbocycles. The molecule has 2 aliphatic rings. The first-order valence-corrected chi connectivity index (χ1v) is 8.53. The molecule has 8 heteroatoms. The summed E-state index contributed by atoms with van der Waals surface area (Å²) < 4.78 is 7.02. The van der Waals surface area contributed by atoms with Gasteiger partial charge in [0, 0.05) is 45.1 Å². The lowest BCUT2D eigenvalue weighted by atomic mass is 9.79. The third-order valence-electron chi connectivity index (χ3n) is 5.32. The first-order chi connectivity index (χ1) is 12.1. The molecule has 2 amide bonds. The van der Waals surface area contributed by atoms with Crippen LogP contribution in [-0.4, -0.2) is 63.7 Å². The lowest BCUT2D eigenvalue weighted by Gasteiger charge is -2.41. The molecule has 25 heavy (non-hydrogen) atoms. The number of rotatable bonds is 5. The number of fused-ring (bicyclic) bond motifs is 1. The van der Waals surface area contributed by atoms with E-state index in [-0.39, 0.29) is 17.7 Å². The normalized spacial score (nSPS) is 19.3. The average molecular weight is 343 g/mol. The van der Waals surface area contributed by atoms with Gasteiger partial charge >= 0.3 is 0 Å². The Bertz CT molecular complexity index is 802. The van der Waals surface area contributed by atoms with Crippen LogP contribution in [0.2, 0.25) is 0 Å². The van der Waals surface area contributed by atoms with Crippen molar-refractivity contribution in [3.8, 4) is 0 Å². The zero-order chi connectivity index (χ0) is 17.4. The Morgan fingerprint density at radius 1 is 1.36 bits per heavy atom. The third kappa shape index (κ3) is 2.66. The van der Waals surface area contributed by atoms with Crippen molar-refractivity contribution in [2.45, 2.75) is 24.9 Å². The van der Waals surface area contributed by atoms with Gasteiger partial charge in [0.15, 0.2) is 0 Å². The summed E-state index contributed by atoms with van der Waals surface area (Å²) in [6.45, 7) is 1.84. The highest BCUT2D eigenvalue weighted by molar-refractivity contribution is 6.00. The maximum Gasteiger partial charge on any atom is 0.257 e. The largest absolute Gasteiger partial charge is 0.368 e. The monoisotopic (exact) mass is 343 g/mol. The quantitative estimate of drug-likeness (QED) is 0.853. The second-order valence-corrected chi connectivity index (χ2v) is 6.80. The average Bonchev–Trinajstić information content (AvgIpc) is 2.96. The lowest BCUT2D eigenvalue weighted by molar-refractivity contribution is -0.154. The summed E-state index contributed by atoms with van der Waals surface area (Å²) in [6, 6.07) is 0. The van der Waals surface area contributed by atoms with Crippen LogP contribution in [0.5, 0.6) is 0 Å². The number of hydrogen-bond acceptors (Lipinski definition) is 5. The van der Waals surface area contributed by atoms with E-state index in [1.807, 2.05) is 0 Å². The van der Waals surface area contributed by atoms with Crippen molar-refractivity contribution < 1.29 is 14.3 Å². The van der Waals surface area contributed by atoms with Crippen molar-refractivity contribution >= 4 is 17.3 Å². The molecule has 0 unspecified atom stereocenters. The summed E-state index contributed by atoms with van der Waals surface area (Å²) in [7, 11) is 1.59. The van der Waals surface area contributed by atoms with Crippen molar-refractivity contribution in [3.63, 3.8) is 0 Å². The molecule has 1 saturated heterocycles. The van der Waals surface area contributed by atoms with Gasteiger partial charge in [-0.25, -0.2) is 4.52 Å². The highest BCUT2D eigenvalue weighted by Crippen LogP contribution is 2.35. The van der Waals surface area contributed by atoms with E-state index in [0.717, 1.165) is 19.3 Å². The van der Waals surface area contributed by atoms with Crippen molar-refractivity contribution in [2.75, 3.05) is 26.7 Å². The molecule has 0 spiro atoms. The maximum atomic E-state index is 12.6. The molecule has 3 heterocycles. The standard InChI is InChI=1S/C17H21N5O3/c1-25-17(3-2-4-17)16(24)19-7-12-10-21(11-12)15(23)13-8-20-22-6-5-18-9-14(13)22/h5-6,8-9,12H,2-4,7,10-11H2,1H3,(H,19,24). The second kappa shape index (κ2) is 6.11. The number of nitrogens with one attached hydrogen (secondary N) is 1. The Morgan fingerprint density at radius 3 is 2.84 bits per heavy atom. The van der Waals surface area contributed by atoms with Crippen LogP contribution < -0.4 is 5.32 Å². The van der Waals surface area contributed by atoms with E-state index in [4.69, 9.17) is 4.74 Å². The van der Waals surface area contributed by atoms with Gasteiger partial charge < -0.3 is 15.0 Å². The first kappa shape index (κ1) is 16.0. The van der Waals surface area contributed by atoms with E-state index < -0.39 is 5.60 Å². The Labute approximate surface area is 145 Å². The Balaban J connectivity index is 1.30. The van der Waals surface area contributed by atoms with Gasteiger partial charge in [-0.05, 0) is 19.3 Å². The van der Waals surface area contributed by atoms with Gasteiger partial charge in [0.2, 0.25) is 0 Å². The Hall–Kier alpha value is -2.48. The molecule has 132 valence electrons. The first-order valence-electron chi connectivity index (χ1n) is 8.53. The minimum atomic E-state index is -0.622. The van der Waals surface area contributed by atoms with Gasteiger partial charge in [0.1, 0.15) is 5.60 Å². The van der Waals surface area contributed by atoms with E-state index in [0.29, 0.717) is 30.7 Å². The van der Waals surface area contributed by atoms with E-state index in [2.05, 4.69) is 15.4 Å². The van der Waals surface area contributed by atoms with E-state index in [9.17, 15) is 9.59 Å². The summed E-state index contributed by atoms with van der Waals surface area (Å²) in [5, 5.41) is 7.14. The molecule has 0 atom stereocenters. The predicted octanol–water partition coefficient (Wildman–Crippen LogP) is 0.487. The molecule has 4 rings (SSSR count). The third-order valence-corrected chi connectivity index (χ3v) is 5.32. The molecular formula is C17H21N5O3. The zero-order valence-electron chi connectivity index (χ0n) is 14.1. The van der Waals surface area contributed by atoms with Crippen molar-refractivity contribution in [2.24, 2.45) is 5.92 Å². The van der Waals surface area contributed by atoms with Crippen molar-refractivity contribution in [3.05, 3.63) is 30.4 Å². The predicted molar refractivity (Wildman–Crippen MR) is 89.0 cm³/mol. The maximum absolute atomic E-state index is 12.6. The molecule has 0 bridgehead atoms. The molecule has 0 radical (unpaired) electrons. The number of methoxy groups -OCH3 is 1. The van der Waals surface area contributed by atoms with Crippen molar-refractivity contribution in [1.29, 1.82) is 0 Å². The fourth-order valence-corrected chi connectivity index (χ4v) is 3.45. The summed E-state index contributed by atoms with van der Waals surface area (Å²) in [6.07, 6.45) is 9.16. The highest BCUT2D eigenvalue weighted by Gasteiger charge is 2.44. The molecule has 2 fully saturated rings. The number of carbonyl (C=O) groups is 2. The van der Waals surface area contributed by atoms with Crippen LogP contribution in [0.3, 0.4) is 0 Å². The highest BCUT2D eigenvalue weighted by atomic mass is 16.5. The van der Waals surface area contributed by atoms with Gasteiger partial charge in [0.25, 0.3) is 11.8 Å². The second-order valence-electron chi connectivity index (χ2n) is 6.80. The van der Waals surface area contributed by atoms with Gasteiger partial charge in [0.05, 0.1) is 23.5 Å². The minimum Gasteiger partial charge on any atom is -0.368 e. The topological polar surface area (TPSA) is 88.8 Å². The molecule has 1 saturated carbocycles. The molecular weight excluding hydrogens is 322 g/mol. The zero-order valence-corrected chi connectivity index (χ0v) is 14.1. The van der Waals surface area contributed by atoms with E-state index in [1.165, 1.54) is 0 Å². The molecule has 1 aliphatic heterocycles. The van der Waals surface area contributed by atoms with Crippen LogP contribution in [0.25, 0.3) is 5.52 Å². The van der Waals surface area contributed by atoms with E-state index >= 15 is 0 Å². The lowest BCUT2D eigenvalue weighted by Crippen LogP contribution is -2.58. The number of nitrogens with zero attached hydrogens (tertiary/aromatic N) is 4. The number of ether oxygens (including phenoxy) is 1. The molecule has 2 aromatic rings. The van der Waals surface area contributed by atoms with Crippen LogP contribution in [-0.2, 0) is 9.53 Å². The van der Waals surface area contributed by atoms with Crippen molar-refractivity contribution in [1.82, 2.24) is 24.8 Å². The minimum absolute atomic E-state index is 0.0280. The molecule has 2 aromatic heterocycles.